The van der Waals surface area contributed by atoms with Gasteiger partial charge in [-0.3, -0.25) is 4.98 Å². The van der Waals surface area contributed by atoms with E-state index in [0.29, 0.717) is 6.42 Å². The molecule has 0 aliphatic heterocycles. The van der Waals surface area contributed by atoms with Crippen molar-refractivity contribution in [3.05, 3.63) is 98.9 Å². The first-order valence-electron chi connectivity index (χ1n) is 10.7. The fourth-order valence-electron chi connectivity index (χ4n) is 4.17. The zero-order chi connectivity index (χ0) is 22.0. The van der Waals surface area contributed by atoms with Gasteiger partial charge in [0.2, 0.25) is 0 Å². The van der Waals surface area contributed by atoms with Crippen LogP contribution in [0.1, 0.15) is 39.2 Å². The smallest absolute Gasteiger partial charge is 0.127 e. The number of pyridine rings is 1. The van der Waals surface area contributed by atoms with Gasteiger partial charge in [0, 0.05) is 28.1 Å². The molecule has 31 heavy (non-hydrogen) atoms. The number of thiophene rings is 1. The highest BCUT2D eigenvalue weighted by Gasteiger charge is 2.35. The maximum absolute atomic E-state index is 12.1. The van der Waals surface area contributed by atoms with E-state index in [1.165, 1.54) is 11.1 Å². The molecule has 4 heteroatoms. The normalized spacial score (nSPS) is 13.6. The van der Waals surface area contributed by atoms with Crippen LogP contribution in [0.4, 0.5) is 0 Å². The zero-order valence-corrected chi connectivity index (χ0v) is 19.5. The lowest BCUT2D eigenvalue weighted by atomic mass is 9.85. The Morgan fingerprint density at radius 1 is 1.00 bits per heavy atom. The Morgan fingerprint density at radius 3 is 2.45 bits per heavy atom. The van der Waals surface area contributed by atoms with Crippen LogP contribution in [-0.4, -0.2) is 35.6 Å². The van der Waals surface area contributed by atoms with Gasteiger partial charge in [-0.25, -0.2) is 0 Å². The number of nitrogens with zero attached hydrogens (tertiary/aromatic N) is 2. The molecular formula is C27H30N2OS. The summed E-state index contributed by atoms with van der Waals surface area (Å²) in [5.74, 6) is 0. The van der Waals surface area contributed by atoms with E-state index < -0.39 is 5.60 Å². The molecule has 4 aromatic rings. The van der Waals surface area contributed by atoms with Gasteiger partial charge in [-0.1, -0.05) is 42.5 Å². The second kappa shape index (κ2) is 8.91. The minimum Gasteiger partial charge on any atom is -0.379 e. The van der Waals surface area contributed by atoms with Gasteiger partial charge in [0.1, 0.15) is 5.60 Å². The number of rotatable bonds is 7. The molecule has 2 aromatic heterocycles. The van der Waals surface area contributed by atoms with E-state index in [1.807, 2.05) is 37.7 Å². The Bertz CT molecular complexity index is 1170. The van der Waals surface area contributed by atoms with Crippen LogP contribution in [0.2, 0.25) is 0 Å². The summed E-state index contributed by atoms with van der Waals surface area (Å²) in [6.45, 7) is 4.96. The molecule has 1 atom stereocenters. The molecule has 0 saturated carbocycles. The highest BCUT2D eigenvalue weighted by molar-refractivity contribution is 7.10. The van der Waals surface area contributed by atoms with Crippen LogP contribution in [-0.2, 0) is 12.0 Å². The maximum Gasteiger partial charge on any atom is 0.127 e. The molecule has 1 N–H and O–H groups in total. The molecule has 0 aliphatic carbocycles. The van der Waals surface area contributed by atoms with E-state index in [1.54, 1.807) is 11.3 Å². The Labute approximate surface area is 189 Å². The molecular weight excluding hydrogens is 400 g/mol. The maximum atomic E-state index is 12.1. The van der Waals surface area contributed by atoms with E-state index in [2.05, 4.69) is 61.2 Å². The molecule has 1 unspecified atom stereocenters. The topological polar surface area (TPSA) is 36.4 Å². The van der Waals surface area contributed by atoms with E-state index in [0.717, 1.165) is 45.6 Å². The van der Waals surface area contributed by atoms with Gasteiger partial charge in [-0.15, -0.1) is 11.3 Å². The molecule has 4 rings (SSSR count). The van der Waals surface area contributed by atoms with Gasteiger partial charge < -0.3 is 10.0 Å². The average Bonchev–Trinajstić information content (AvgIpc) is 3.29. The molecule has 0 amide bonds. The Morgan fingerprint density at radius 2 is 1.77 bits per heavy atom. The predicted molar refractivity (Wildman–Crippen MR) is 131 cm³/mol. The summed E-state index contributed by atoms with van der Waals surface area (Å²) in [5.41, 5.74) is 5.39. The number of benzene rings is 2. The van der Waals surface area contributed by atoms with Gasteiger partial charge in [0.25, 0.3) is 0 Å². The first-order chi connectivity index (χ1) is 14.9. The van der Waals surface area contributed by atoms with E-state index in [4.69, 9.17) is 4.98 Å². The number of hydrogen-bond acceptors (Lipinski definition) is 4. The van der Waals surface area contributed by atoms with Crippen LogP contribution in [0.5, 0.6) is 0 Å². The van der Waals surface area contributed by atoms with Crippen molar-refractivity contribution < 1.29 is 5.11 Å². The monoisotopic (exact) mass is 430 g/mol. The third kappa shape index (κ3) is 4.57. The summed E-state index contributed by atoms with van der Waals surface area (Å²) in [6.07, 6.45) is 1.47. The van der Waals surface area contributed by atoms with Gasteiger partial charge in [-0.2, -0.15) is 0 Å². The number of fused-ring (bicyclic) bond motifs is 1. The summed E-state index contributed by atoms with van der Waals surface area (Å²) in [4.78, 5) is 8.13. The quantitative estimate of drug-likeness (QED) is 0.409. The average molecular weight is 431 g/mol. The van der Waals surface area contributed by atoms with E-state index in [9.17, 15) is 5.11 Å². The summed E-state index contributed by atoms with van der Waals surface area (Å²) in [6, 6.07) is 21.1. The molecule has 2 heterocycles. The van der Waals surface area contributed by atoms with E-state index in [-0.39, 0.29) is 0 Å². The Hall–Kier alpha value is -2.53. The molecule has 3 nitrogen and oxygen atoms in total. The summed E-state index contributed by atoms with van der Waals surface area (Å²) >= 11 is 1.60. The molecule has 0 fully saturated rings. The van der Waals surface area contributed by atoms with Crippen LogP contribution in [0, 0.1) is 13.8 Å². The lowest BCUT2D eigenvalue weighted by Gasteiger charge is -2.30. The molecule has 0 saturated heterocycles. The highest BCUT2D eigenvalue weighted by atomic mass is 32.1. The van der Waals surface area contributed by atoms with Crippen LogP contribution in [0.25, 0.3) is 10.9 Å². The number of aliphatic hydroxyl groups is 1. The van der Waals surface area contributed by atoms with Gasteiger partial charge in [0.15, 0.2) is 0 Å². The molecule has 160 valence electrons. The van der Waals surface area contributed by atoms with Crippen LogP contribution < -0.4 is 0 Å². The van der Waals surface area contributed by atoms with E-state index >= 15 is 0 Å². The van der Waals surface area contributed by atoms with Crippen molar-refractivity contribution in [2.45, 2.75) is 32.3 Å². The van der Waals surface area contributed by atoms with Crippen molar-refractivity contribution in [1.82, 2.24) is 9.88 Å². The molecule has 0 radical (unpaired) electrons. The fraction of sp³-hybridized carbons (Fsp3) is 0.296. The van der Waals surface area contributed by atoms with Gasteiger partial charge in [-0.05, 0) is 81.1 Å². The van der Waals surface area contributed by atoms with Crippen LogP contribution in [0.15, 0.2) is 66.0 Å². The lowest BCUT2D eigenvalue weighted by Crippen LogP contribution is -2.31. The first-order valence-corrected chi connectivity index (χ1v) is 11.6. The third-order valence-electron chi connectivity index (χ3n) is 5.89. The minimum atomic E-state index is -1.07. The Kier molecular flexibility index (Phi) is 6.24. The Balaban J connectivity index is 1.86. The standard InChI is InChI=1S/C27H30N2OS/c1-19-15-23-18-22(17-21-9-6-5-7-10-21)20(2)28-26(23)24(16-19)27(30,12-13-29(3)4)25-11-8-14-31-25/h5-11,14-16,18,30H,12-13,17H2,1-4H3. The van der Waals surface area contributed by atoms with Crippen molar-refractivity contribution >= 4 is 22.2 Å². The largest absolute Gasteiger partial charge is 0.379 e. The fourth-order valence-corrected chi connectivity index (χ4v) is 5.04. The number of hydrogen-bond donors (Lipinski definition) is 1. The zero-order valence-electron chi connectivity index (χ0n) is 18.7. The first kappa shape index (κ1) is 21.7. The summed E-state index contributed by atoms with van der Waals surface area (Å²) in [7, 11) is 4.09. The molecule has 0 spiro atoms. The van der Waals surface area contributed by atoms with Crippen molar-refractivity contribution in [3.63, 3.8) is 0 Å². The SMILES string of the molecule is Cc1cc(C(O)(CCN(C)C)c2cccs2)c2nc(C)c(Cc3ccccc3)cc2c1. The van der Waals surface area contributed by atoms with Crippen molar-refractivity contribution in [2.24, 2.45) is 0 Å². The van der Waals surface area contributed by atoms with Crippen LogP contribution in [0.3, 0.4) is 0 Å². The number of aryl methyl sites for hydroxylation is 2. The second-order valence-electron chi connectivity index (χ2n) is 8.67. The molecule has 0 aliphatic rings. The predicted octanol–water partition coefficient (Wildman–Crippen LogP) is 5.69. The van der Waals surface area contributed by atoms with Crippen molar-refractivity contribution in [2.75, 3.05) is 20.6 Å². The van der Waals surface area contributed by atoms with Gasteiger partial charge >= 0.3 is 0 Å². The molecule has 2 aromatic carbocycles. The van der Waals surface area contributed by atoms with Gasteiger partial charge in [0.05, 0.1) is 5.52 Å². The highest BCUT2D eigenvalue weighted by Crippen LogP contribution is 2.40. The summed E-state index contributed by atoms with van der Waals surface area (Å²) in [5, 5.41) is 15.2. The lowest BCUT2D eigenvalue weighted by molar-refractivity contribution is 0.0678. The summed E-state index contributed by atoms with van der Waals surface area (Å²) < 4.78 is 0. The van der Waals surface area contributed by atoms with Crippen molar-refractivity contribution in [1.29, 1.82) is 0 Å². The minimum absolute atomic E-state index is 0.617. The second-order valence-corrected chi connectivity index (χ2v) is 9.62. The van der Waals surface area contributed by atoms with Crippen molar-refractivity contribution in [3.8, 4) is 0 Å². The van der Waals surface area contributed by atoms with Crippen LogP contribution >= 0.6 is 11.3 Å². The molecule has 0 bridgehead atoms. The third-order valence-corrected chi connectivity index (χ3v) is 6.91. The number of aromatic nitrogens is 1.